The summed E-state index contributed by atoms with van der Waals surface area (Å²) in [7, 11) is -1.76. The van der Waals surface area contributed by atoms with Gasteiger partial charge in [0.2, 0.25) is 0 Å². The largest absolute Gasteiger partial charge is 0.279 e. The summed E-state index contributed by atoms with van der Waals surface area (Å²) in [5.74, 6) is 0. The topological polar surface area (TPSA) is 49.4 Å². The lowest BCUT2D eigenvalue weighted by Crippen LogP contribution is -2.38. The van der Waals surface area contributed by atoms with Gasteiger partial charge in [0.15, 0.2) is 0 Å². The van der Waals surface area contributed by atoms with Crippen LogP contribution in [0, 0.1) is 0 Å². The standard InChI is InChI=1S/C12H20N2O2S/c1-3-4-10-13-17(15,16)14(2)11-12-8-6-5-7-9-12/h5-9,13H,3-4,10-11H2,1-2H3. The lowest BCUT2D eigenvalue weighted by atomic mass is 10.2. The molecule has 0 saturated carbocycles. The van der Waals surface area contributed by atoms with E-state index in [-0.39, 0.29) is 0 Å². The Hall–Kier alpha value is -0.910. The van der Waals surface area contributed by atoms with Gasteiger partial charge in [0.1, 0.15) is 0 Å². The van der Waals surface area contributed by atoms with Crippen LogP contribution in [0.3, 0.4) is 0 Å². The third-order valence-corrected chi connectivity index (χ3v) is 3.99. The second kappa shape index (κ2) is 6.74. The Morgan fingerprint density at radius 1 is 1.24 bits per heavy atom. The molecule has 0 amide bonds. The van der Waals surface area contributed by atoms with Gasteiger partial charge in [0, 0.05) is 20.1 Å². The van der Waals surface area contributed by atoms with Crippen molar-refractivity contribution in [3.05, 3.63) is 35.9 Å². The molecule has 1 rings (SSSR count). The van der Waals surface area contributed by atoms with Crippen molar-refractivity contribution in [1.29, 1.82) is 0 Å². The van der Waals surface area contributed by atoms with Crippen LogP contribution in [0.4, 0.5) is 0 Å². The third-order valence-electron chi connectivity index (χ3n) is 2.47. The van der Waals surface area contributed by atoms with E-state index < -0.39 is 10.2 Å². The maximum absolute atomic E-state index is 11.8. The van der Waals surface area contributed by atoms with E-state index in [1.165, 1.54) is 4.31 Å². The Morgan fingerprint density at radius 3 is 2.47 bits per heavy atom. The first-order valence-corrected chi connectivity index (χ1v) is 7.25. The van der Waals surface area contributed by atoms with Gasteiger partial charge in [-0.25, -0.2) is 4.72 Å². The minimum absolute atomic E-state index is 0.391. The molecule has 0 fully saturated rings. The summed E-state index contributed by atoms with van der Waals surface area (Å²) in [5, 5.41) is 0. The van der Waals surface area contributed by atoms with Crippen molar-refractivity contribution in [2.45, 2.75) is 26.3 Å². The Kier molecular flexibility index (Phi) is 5.61. The number of nitrogens with one attached hydrogen (secondary N) is 1. The van der Waals surface area contributed by atoms with E-state index in [4.69, 9.17) is 0 Å². The summed E-state index contributed by atoms with van der Waals surface area (Å²) in [6.07, 6.45) is 1.84. The highest BCUT2D eigenvalue weighted by molar-refractivity contribution is 7.87. The molecule has 0 aliphatic carbocycles. The van der Waals surface area contributed by atoms with Crippen LogP contribution in [0.2, 0.25) is 0 Å². The molecular weight excluding hydrogens is 236 g/mol. The van der Waals surface area contributed by atoms with Gasteiger partial charge in [-0.1, -0.05) is 43.7 Å². The van der Waals surface area contributed by atoms with Crippen molar-refractivity contribution < 1.29 is 8.42 Å². The van der Waals surface area contributed by atoms with E-state index in [1.807, 2.05) is 37.3 Å². The summed E-state index contributed by atoms with van der Waals surface area (Å²) in [4.78, 5) is 0. The summed E-state index contributed by atoms with van der Waals surface area (Å²) >= 11 is 0. The molecule has 96 valence electrons. The predicted molar refractivity (Wildman–Crippen MR) is 69.7 cm³/mol. The molecule has 1 aromatic rings. The van der Waals surface area contributed by atoms with Gasteiger partial charge in [-0.3, -0.25) is 0 Å². The van der Waals surface area contributed by atoms with Crippen LogP contribution in [0.15, 0.2) is 30.3 Å². The van der Waals surface area contributed by atoms with Crippen LogP contribution in [0.25, 0.3) is 0 Å². The molecule has 4 nitrogen and oxygen atoms in total. The highest BCUT2D eigenvalue weighted by Crippen LogP contribution is 2.05. The maximum Gasteiger partial charge on any atom is 0.279 e. The molecule has 0 aromatic heterocycles. The van der Waals surface area contributed by atoms with Crippen LogP contribution in [0.5, 0.6) is 0 Å². The quantitative estimate of drug-likeness (QED) is 0.756. The normalized spacial score (nSPS) is 11.9. The van der Waals surface area contributed by atoms with E-state index >= 15 is 0 Å². The van der Waals surface area contributed by atoms with Crippen LogP contribution < -0.4 is 4.72 Å². The molecule has 0 spiro atoms. The Bertz CT molecular complexity index is 417. The van der Waals surface area contributed by atoms with Gasteiger partial charge in [-0.05, 0) is 12.0 Å². The van der Waals surface area contributed by atoms with Gasteiger partial charge < -0.3 is 0 Å². The van der Waals surface area contributed by atoms with E-state index in [1.54, 1.807) is 7.05 Å². The molecule has 0 aliphatic heterocycles. The first-order chi connectivity index (χ1) is 8.06. The van der Waals surface area contributed by atoms with E-state index in [0.29, 0.717) is 13.1 Å². The zero-order chi connectivity index (χ0) is 12.7. The smallest absolute Gasteiger partial charge is 0.202 e. The lowest BCUT2D eigenvalue weighted by Gasteiger charge is -2.17. The van der Waals surface area contributed by atoms with E-state index in [2.05, 4.69) is 4.72 Å². The van der Waals surface area contributed by atoms with Gasteiger partial charge in [0.25, 0.3) is 10.2 Å². The van der Waals surface area contributed by atoms with E-state index in [9.17, 15) is 8.42 Å². The molecule has 0 unspecified atom stereocenters. The second-order valence-corrected chi connectivity index (χ2v) is 5.86. The predicted octanol–water partition coefficient (Wildman–Crippen LogP) is 1.75. The molecule has 0 radical (unpaired) electrons. The van der Waals surface area contributed by atoms with Crippen molar-refractivity contribution >= 4 is 10.2 Å². The SMILES string of the molecule is CCCCNS(=O)(=O)N(C)Cc1ccccc1. The molecule has 0 atom stereocenters. The van der Waals surface area contributed by atoms with Crippen LogP contribution in [-0.2, 0) is 16.8 Å². The summed E-state index contributed by atoms with van der Waals surface area (Å²) < 4.78 is 27.6. The zero-order valence-electron chi connectivity index (χ0n) is 10.4. The fourth-order valence-corrected chi connectivity index (χ4v) is 2.36. The number of nitrogens with zero attached hydrogens (tertiary/aromatic N) is 1. The highest BCUT2D eigenvalue weighted by atomic mass is 32.2. The number of unbranched alkanes of at least 4 members (excludes halogenated alkanes) is 1. The average Bonchev–Trinajstić information content (AvgIpc) is 2.30. The minimum atomic E-state index is -3.35. The number of rotatable bonds is 7. The fraction of sp³-hybridized carbons (Fsp3) is 0.500. The summed E-state index contributed by atoms with van der Waals surface area (Å²) in [6.45, 7) is 2.92. The maximum atomic E-state index is 11.8. The molecule has 1 aromatic carbocycles. The van der Waals surface area contributed by atoms with Crippen molar-refractivity contribution in [3.63, 3.8) is 0 Å². The number of hydrogen-bond acceptors (Lipinski definition) is 2. The Morgan fingerprint density at radius 2 is 1.88 bits per heavy atom. The number of benzene rings is 1. The molecule has 17 heavy (non-hydrogen) atoms. The first-order valence-electron chi connectivity index (χ1n) is 5.81. The first kappa shape index (κ1) is 14.2. The van der Waals surface area contributed by atoms with E-state index in [0.717, 1.165) is 18.4 Å². The molecule has 0 heterocycles. The Balaban J connectivity index is 2.54. The van der Waals surface area contributed by atoms with Gasteiger partial charge in [-0.15, -0.1) is 0 Å². The van der Waals surface area contributed by atoms with Crippen molar-refractivity contribution in [2.75, 3.05) is 13.6 Å². The van der Waals surface area contributed by atoms with Crippen LogP contribution >= 0.6 is 0 Å². The average molecular weight is 256 g/mol. The molecule has 5 heteroatoms. The molecular formula is C12H20N2O2S. The molecule has 0 saturated heterocycles. The minimum Gasteiger partial charge on any atom is -0.202 e. The second-order valence-electron chi connectivity index (χ2n) is 3.99. The monoisotopic (exact) mass is 256 g/mol. The molecule has 0 aliphatic rings. The number of hydrogen-bond donors (Lipinski definition) is 1. The third kappa shape index (κ3) is 4.85. The summed E-state index contributed by atoms with van der Waals surface area (Å²) in [6, 6.07) is 9.55. The zero-order valence-corrected chi connectivity index (χ0v) is 11.2. The lowest BCUT2D eigenvalue weighted by molar-refractivity contribution is 0.454. The van der Waals surface area contributed by atoms with Crippen molar-refractivity contribution in [2.24, 2.45) is 0 Å². The molecule has 1 N–H and O–H groups in total. The van der Waals surface area contributed by atoms with Gasteiger partial charge in [-0.2, -0.15) is 12.7 Å². The highest BCUT2D eigenvalue weighted by Gasteiger charge is 2.16. The van der Waals surface area contributed by atoms with Gasteiger partial charge >= 0.3 is 0 Å². The Labute approximate surface area is 104 Å². The van der Waals surface area contributed by atoms with Crippen LogP contribution in [-0.4, -0.2) is 26.3 Å². The molecule has 0 bridgehead atoms. The fourth-order valence-electron chi connectivity index (χ4n) is 1.41. The van der Waals surface area contributed by atoms with Crippen molar-refractivity contribution in [1.82, 2.24) is 9.03 Å². The van der Waals surface area contributed by atoms with Gasteiger partial charge in [0.05, 0.1) is 0 Å². The summed E-state index contributed by atoms with van der Waals surface area (Å²) in [5.41, 5.74) is 0.982. The van der Waals surface area contributed by atoms with Crippen molar-refractivity contribution in [3.8, 4) is 0 Å². The van der Waals surface area contributed by atoms with Crippen LogP contribution in [0.1, 0.15) is 25.3 Å².